The van der Waals surface area contributed by atoms with Crippen LogP contribution >= 0.6 is 15.9 Å². The SMILES string of the molecule is CCNCc1[nH]c(C(=O)O)c(Br)c1-c1ccc(CO)c(CO)c1CO.O=C=O. The molecule has 28 heavy (non-hydrogen) atoms. The van der Waals surface area contributed by atoms with Gasteiger partial charge in [-0.2, -0.15) is 9.59 Å². The van der Waals surface area contributed by atoms with E-state index in [1.54, 1.807) is 12.1 Å². The summed E-state index contributed by atoms with van der Waals surface area (Å²) in [5, 5.41) is 41.5. The molecule has 0 atom stereocenters. The average molecular weight is 457 g/mol. The van der Waals surface area contributed by atoms with Gasteiger partial charge in [0, 0.05) is 17.8 Å². The van der Waals surface area contributed by atoms with Crippen LogP contribution in [0.5, 0.6) is 0 Å². The minimum Gasteiger partial charge on any atom is -0.477 e. The number of halogens is 1. The van der Waals surface area contributed by atoms with E-state index in [1.165, 1.54) is 0 Å². The normalized spacial score (nSPS) is 10.2. The summed E-state index contributed by atoms with van der Waals surface area (Å²) in [6.07, 6.45) is 0.250. The number of carboxylic acids is 1. The Balaban J connectivity index is 0.00000122. The Bertz CT molecular complexity index is 858. The molecule has 0 fully saturated rings. The van der Waals surface area contributed by atoms with Gasteiger partial charge < -0.3 is 30.7 Å². The predicted octanol–water partition coefficient (Wildman–Crippen LogP) is 1.15. The number of carboxylic acid groups (broad SMARTS) is 1. The van der Waals surface area contributed by atoms with Crippen molar-refractivity contribution in [3.63, 3.8) is 0 Å². The minimum absolute atomic E-state index is 0.0172. The van der Waals surface area contributed by atoms with Gasteiger partial charge in [-0.05, 0) is 44.7 Å². The van der Waals surface area contributed by atoms with Gasteiger partial charge in [0.05, 0.1) is 24.3 Å². The second-order valence-electron chi connectivity index (χ2n) is 5.54. The predicted molar refractivity (Wildman–Crippen MR) is 101 cm³/mol. The molecule has 0 aliphatic heterocycles. The van der Waals surface area contributed by atoms with Gasteiger partial charge in [0.25, 0.3) is 0 Å². The van der Waals surface area contributed by atoms with Gasteiger partial charge in [0.1, 0.15) is 5.69 Å². The number of aromatic carboxylic acids is 1. The van der Waals surface area contributed by atoms with Crippen molar-refractivity contribution in [1.82, 2.24) is 10.3 Å². The van der Waals surface area contributed by atoms with Gasteiger partial charge in [-0.1, -0.05) is 19.1 Å². The van der Waals surface area contributed by atoms with Crippen LogP contribution < -0.4 is 5.32 Å². The molecule has 2 rings (SSSR count). The Labute approximate surface area is 169 Å². The maximum absolute atomic E-state index is 11.5. The van der Waals surface area contributed by atoms with E-state index in [4.69, 9.17) is 9.59 Å². The molecule has 1 aromatic heterocycles. The number of rotatable bonds is 8. The monoisotopic (exact) mass is 456 g/mol. The molecule has 0 saturated heterocycles. The number of aliphatic hydroxyl groups excluding tert-OH is 3. The molecule has 0 amide bonds. The van der Waals surface area contributed by atoms with Crippen LogP contribution in [0.2, 0.25) is 0 Å². The molecular formula is C18H21BrN2O7. The lowest BCUT2D eigenvalue weighted by atomic mass is 9.92. The molecule has 0 aliphatic carbocycles. The summed E-state index contributed by atoms with van der Waals surface area (Å²) in [6, 6.07) is 3.38. The van der Waals surface area contributed by atoms with E-state index < -0.39 is 5.97 Å². The summed E-state index contributed by atoms with van der Waals surface area (Å²) in [5.74, 6) is -1.10. The minimum atomic E-state index is -1.10. The number of aromatic amines is 1. The summed E-state index contributed by atoms with van der Waals surface area (Å²) in [4.78, 5) is 30.6. The molecule has 0 spiro atoms. The second-order valence-corrected chi connectivity index (χ2v) is 6.33. The van der Waals surface area contributed by atoms with Crippen LogP contribution in [0.25, 0.3) is 11.1 Å². The van der Waals surface area contributed by atoms with E-state index >= 15 is 0 Å². The first-order chi connectivity index (χ1) is 13.4. The van der Waals surface area contributed by atoms with Gasteiger partial charge in [-0.15, -0.1) is 0 Å². The molecule has 2 aromatic rings. The van der Waals surface area contributed by atoms with Crippen molar-refractivity contribution in [1.29, 1.82) is 0 Å². The average Bonchev–Trinajstić information content (AvgIpc) is 3.01. The summed E-state index contributed by atoms with van der Waals surface area (Å²) >= 11 is 3.34. The lowest BCUT2D eigenvalue weighted by Gasteiger charge is -2.16. The molecule has 9 nitrogen and oxygen atoms in total. The fourth-order valence-corrected chi connectivity index (χ4v) is 3.56. The summed E-state index contributed by atoms with van der Waals surface area (Å²) in [7, 11) is 0. The van der Waals surface area contributed by atoms with Crippen molar-refractivity contribution in [2.24, 2.45) is 0 Å². The van der Waals surface area contributed by atoms with Crippen LogP contribution in [0.15, 0.2) is 16.6 Å². The largest absolute Gasteiger partial charge is 0.477 e. The fraction of sp³-hybridized carbons (Fsp3) is 0.333. The van der Waals surface area contributed by atoms with Crippen molar-refractivity contribution in [2.45, 2.75) is 33.3 Å². The third kappa shape index (κ3) is 5.14. The van der Waals surface area contributed by atoms with Gasteiger partial charge >= 0.3 is 12.1 Å². The maximum atomic E-state index is 11.5. The Kier molecular flexibility index (Phi) is 9.74. The lowest BCUT2D eigenvalue weighted by molar-refractivity contribution is -0.191. The van der Waals surface area contributed by atoms with Crippen molar-refractivity contribution in [3.05, 3.63) is 44.7 Å². The summed E-state index contributed by atoms with van der Waals surface area (Å²) in [5.41, 5.74) is 3.32. The maximum Gasteiger partial charge on any atom is 0.373 e. The van der Waals surface area contributed by atoms with E-state index in [-0.39, 0.29) is 31.7 Å². The molecule has 0 saturated carbocycles. The van der Waals surface area contributed by atoms with Gasteiger partial charge in [-0.3, -0.25) is 0 Å². The van der Waals surface area contributed by atoms with E-state index in [1.807, 2.05) is 6.92 Å². The molecule has 152 valence electrons. The number of hydrogen-bond donors (Lipinski definition) is 6. The highest BCUT2D eigenvalue weighted by Gasteiger charge is 2.24. The molecule has 1 heterocycles. The Morgan fingerprint density at radius 3 is 2.21 bits per heavy atom. The topological polar surface area (TPSA) is 160 Å². The highest BCUT2D eigenvalue weighted by molar-refractivity contribution is 9.10. The van der Waals surface area contributed by atoms with Gasteiger partial charge in [0.15, 0.2) is 0 Å². The first-order valence-electron chi connectivity index (χ1n) is 8.21. The fourth-order valence-electron chi connectivity index (χ4n) is 2.84. The molecule has 10 heteroatoms. The molecule has 6 N–H and O–H groups in total. The smallest absolute Gasteiger partial charge is 0.373 e. The molecule has 0 bridgehead atoms. The van der Waals surface area contributed by atoms with Crippen LogP contribution in [0.4, 0.5) is 0 Å². The number of benzene rings is 1. The second kappa shape index (κ2) is 11.5. The Morgan fingerprint density at radius 1 is 1.14 bits per heavy atom. The zero-order chi connectivity index (χ0) is 21.3. The number of hydrogen-bond acceptors (Lipinski definition) is 7. The molecule has 0 unspecified atom stereocenters. The zero-order valence-electron chi connectivity index (χ0n) is 15.1. The van der Waals surface area contributed by atoms with E-state index in [0.29, 0.717) is 51.1 Å². The lowest BCUT2D eigenvalue weighted by Crippen LogP contribution is -2.13. The number of carbonyl (C=O) groups is 1. The summed E-state index contributed by atoms with van der Waals surface area (Å²) < 4.78 is 0.378. The van der Waals surface area contributed by atoms with Crippen LogP contribution in [-0.2, 0) is 36.0 Å². The third-order valence-corrected chi connectivity index (χ3v) is 4.86. The molecule has 0 radical (unpaired) electrons. The standard InChI is InChI=1S/C17H21BrN2O5.CO2/c1-2-19-5-13-14(15(18)16(20-13)17(24)25)10-4-3-9(6-21)11(7-22)12(10)8-23;2-1-3/h3-4,19-23H,2,5-8H2,1H3,(H,24,25);. The number of aromatic nitrogens is 1. The van der Waals surface area contributed by atoms with Crippen LogP contribution in [-0.4, -0.2) is 44.1 Å². The molecule has 0 aliphatic rings. The van der Waals surface area contributed by atoms with Crippen LogP contribution in [0, 0.1) is 0 Å². The quantitative estimate of drug-likeness (QED) is 0.344. The highest BCUT2D eigenvalue weighted by Crippen LogP contribution is 2.38. The van der Waals surface area contributed by atoms with Crippen molar-refractivity contribution in [2.75, 3.05) is 6.54 Å². The highest BCUT2D eigenvalue weighted by atomic mass is 79.9. The van der Waals surface area contributed by atoms with Crippen molar-refractivity contribution < 1.29 is 34.8 Å². The van der Waals surface area contributed by atoms with E-state index in [0.717, 1.165) is 0 Å². The number of H-pyrrole nitrogens is 1. The third-order valence-electron chi connectivity index (χ3n) is 4.07. The first kappa shape index (κ1) is 23.7. The molecular weight excluding hydrogens is 436 g/mol. The number of carbonyl (C=O) groups excluding carboxylic acids is 2. The van der Waals surface area contributed by atoms with Gasteiger partial charge in [0.2, 0.25) is 0 Å². The number of nitrogens with one attached hydrogen (secondary N) is 2. The Morgan fingerprint density at radius 2 is 1.75 bits per heavy atom. The van der Waals surface area contributed by atoms with Crippen LogP contribution in [0.1, 0.15) is 39.8 Å². The van der Waals surface area contributed by atoms with E-state index in [2.05, 4.69) is 26.2 Å². The van der Waals surface area contributed by atoms with E-state index in [9.17, 15) is 25.2 Å². The molecule has 1 aromatic carbocycles. The Hall–Kier alpha value is -2.33. The van der Waals surface area contributed by atoms with Crippen molar-refractivity contribution >= 4 is 28.1 Å². The zero-order valence-corrected chi connectivity index (χ0v) is 16.7. The van der Waals surface area contributed by atoms with Gasteiger partial charge in [-0.25, -0.2) is 4.79 Å². The van der Waals surface area contributed by atoms with Crippen LogP contribution in [0.3, 0.4) is 0 Å². The van der Waals surface area contributed by atoms with Crippen molar-refractivity contribution in [3.8, 4) is 11.1 Å². The summed E-state index contributed by atoms with van der Waals surface area (Å²) in [6.45, 7) is 2.11. The number of aliphatic hydroxyl groups is 3. The first-order valence-corrected chi connectivity index (χ1v) is 9.01.